The molecule has 5 aromatic rings. The number of hydrogen-bond acceptors (Lipinski definition) is 6. The average molecular weight is 597 g/mol. The molecule has 226 valence electrons. The number of pyridine rings is 4. The zero-order valence-electron chi connectivity index (χ0n) is 25.4. The van der Waals surface area contributed by atoms with Crippen molar-refractivity contribution >= 4 is 33.2 Å². The van der Waals surface area contributed by atoms with Crippen LogP contribution in [0.3, 0.4) is 0 Å². The lowest BCUT2D eigenvalue weighted by Crippen LogP contribution is -2.54. The molecule has 10 heteroatoms. The third-order valence-corrected chi connectivity index (χ3v) is 9.20. The number of piperidine rings is 1. The van der Waals surface area contributed by atoms with Gasteiger partial charge in [-0.1, -0.05) is 26.8 Å². The maximum atomic E-state index is 16.5. The van der Waals surface area contributed by atoms with Crippen LogP contribution in [0.2, 0.25) is 0 Å². The van der Waals surface area contributed by atoms with Gasteiger partial charge in [0, 0.05) is 44.0 Å². The fourth-order valence-electron chi connectivity index (χ4n) is 7.12. The Bertz CT molecular complexity index is 2100. The summed E-state index contributed by atoms with van der Waals surface area (Å²) in [6.07, 6.45) is 5.19. The van der Waals surface area contributed by atoms with Crippen molar-refractivity contribution in [3.63, 3.8) is 0 Å². The van der Waals surface area contributed by atoms with E-state index in [4.69, 9.17) is 4.98 Å². The molecule has 2 aliphatic rings. The van der Waals surface area contributed by atoms with E-state index in [1.807, 2.05) is 38.8 Å². The highest BCUT2D eigenvalue weighted by molar-refractivity contribution is 6.02. The topological polar surface area (TPSA) is 87.1 Å². The van der Waals surface area contributed by atoms with Crippen molar-refractivity contribution < 1.29 is 8.78 Å². The number of anilines is 2. The summed E-state index contributed by atoms with van der Waals surface area (Å²) in [6.45, 7) is 9.48. The van der Waals surface area contributed by atoms with Crippen molar-refractivity contribution in [2.75, 3.05) is 29.9 Å². The molecule has 0 amide bonds. The molecule has 2 atom stereocenters. The number of hydrogen-bond donors (Lipinski definition) is 1. The van der Waals surface area contributed by atoms with Gasteiger partial charge in [0.15, 0.2) is 5.65 Å². The summed E-state index contributed by atoms with van der Waals surface area (Å²) in [7, 11) is 1.90. The number of nitrogens with one attached hydrogen (secondary N) is 1. The van der Waals surface area contributed by atoms with Gasteiger partial charge < -0.3 is 14.8 Å². The van der Waals surface area contributed by atoms with Crippen molar-refractivity contribution in [3.8, 4) is 16.9 Å². The molecule has 6 heterocycles. The molecule has 1 N–H and O–H groups in total. The van der Waals surface area contributed by atoms with Gasteiger partial charge >= 0.3 is 0 Å². The number of rotatable bonds is 3. The van der Waals surface area contributed by atoms with Gasteiger partial charge in [0.25, 0.3) is 11.1 Å². The third-order valence-electron chi connectivity index (χ3n) is 9.20. The maximum absolute atomic E-state index is 16.5. The molecule has 0 unspecified atom stereocenters. The number of fused-ring (bicyclic) bond motifs is 6. The number of aromatic nitrogens is 4. The van der Waals surface area contributed by atoms with Gasteiger partial charge in [-0.3, -0.25) is 19.1 Å². The molecule has 2 aliphatic heterocycles. The second kappa shape index (κ2) is 10.2. The van der Waals surface area contributed by atoms with Crippen molar-refractivity contribution in [1.82, 2.24) is 19.5 Å². The fourth-order valence-corrected chi connectivity index (χ4v) is 7.12. The highest BCUT2D eigenvalue weighted by Crippen LogP contribution is 2.44. The molecule has 0 bridgehead atoms. The van der Waals surface area contributed by atoms with E-state index in [2.05, 4.69) is 21.8 Å². The summed E-state index contributed by atoms with van der Waals surface area (Å²) in [5.41, 5.74) is 1.95. The molecule has 7 rings (SSSR count). The van der Waals surface area contributed by atoms with Crippen LogP contribution in [-0.2, 0) is 0 Å². The van der Waals surface area contributed by atoms with Crippen LogP contribution in [0.25, 0.3) is 38.8 Å². The quantitative estimate of drug-likeness (QED) is 0.273. The van der Waals surface area contributed by atoms with Crippen molar-refractivity contribution in [2.45, 2.75) is 52.5 Å². The Morgan fingerprint density at radius 1 is 1.00 bits per heavy atom. The van der Waals surface area contributed by atoms with Crippen LogP contribution in [0, 0.1) is 24.5 Å². The van der Waals surface area contributed by atoms with Gasteiger partial charge in [-0.05, 0) is 66.8 Å². The van der Waals surface area contributed by atoms with Crippen molar-refractivity contribution in [1.29, 1.82) is 0 Å². The smallest absolute Gasteiger partial charge is 0.282 e. The zero-order valence-corrected chi connectivity index (χ0v) is 25.4. The molecule has 1 fully saturated rings. The summed E-state index contributed by atoms with van der Waals surface area (Å²) in [5, 5.41) is 0.903. The maximum Gasteiger partial charge on any atom is 0.282 e. The second-order valence-electron chi connectivity index (χ2n) is 12.6. The average Bonchev–Trinajstić information content (AvgIpc) is 2.98. The van der Waals surface area contributed by atoms with E-state index in [1.165, 1.54) is 29.0 Å². The lowest BCUT2D eigenvalue weighted by Gasteiger charge is -2.47. The van der Waals surface area contributed by atoms with E-state index >= 15 is 8.78 Å². The Hall–Kier alpha value is -4.60. The molecule has 8 nitrogen and oxygen atoms in total. The lowest BCUT2D eigenvalue weighted by atomic mass is 9.90. The Kier molecular flexibility index (Phi) is 6.56. The van der Waals surface area contributed by atoms with Crippen LogP contribution in [0.1, 0.15) is 50.8 Å². The molecule has 0 aliphatic carbocycles. The number of benzene rings is 1. The van der Waals surface area contributed by atoms with Gasteiger partial charge in [-0.25, -0.2) is 13.8 Å². The molecule has 44 heavy (non-hydrogen) atoms. The second-order valence-corrected chi connectivity index (χ2v) is 12.6. The zero-order chi connectivity index (χ0) is 31.0. The number of likely N-dealkylation sites (N-methyl/N-ethyl adjacent to an activating group) is 1. The fraction of sp³-hybridized carbons (Fsp3) is 0.353. The molecule has 1 aromatic carbocycles. The lowest BCUT2D eigenvalue weighted by molar-refractivity contribution is 0.371. The van der Waals surface area contributed by atoms with Crippen molar-refractivity contribution in [3.05, 3.63) is 86.3 Å². The van der Waals surface area contributed by atoms with Gasteiger partial charge in [-0.2, -0.15) is 0 Å². The van der Waals surface area contributed by atoms with Gasteiger partial charge in [0.2, 0.25) is 0 Å². The molecule has 0 radical (unpaired) electrons. The summed E-state index contributed by atoms with van der Waals surface area (Å²) < 4.78 is 33.6. The first kappa shape index (κ1) is 28.2. The number of aromatic amines is 1. The number of halogens is 2. The first-order valence-electron chi connectivity index (χ1n) is 15.1. The van der Waals surface area contributed by atoms with E-state index in [0.29, 0.717) is 46.0 Å². The van der Waals surface area contributed by atoms with Crippen LogP contribution in [0.5, 0.6) is 0 Å². The minimum atomic E-state index is -0.781. The van der Waals surface area contributed by atoms with E-state index in [9.17, 15) is 9.59 Å². The Balaban J connectivity index is 1.67. The van der Waals surface area contributed by atoms with E-state index in [1.54, 1.807) is 12.3 Å². The first-order valence-corrected chi connectivity index (χ1v) is 15.1. The predicted molar refractivity (Wildman–Crippen MR) is 170 cm³/mol. The van der Waals surface area contributed by atoms with Crippen LogP contribution < -0.4 is 20.9 Å². The standard InChI is InChI=1S/C34H34F2N6O2/c1-17(2)27-29(19(4)10-12-37-27)42-32-22(30-31(34(42)44)40(5)16-21-8-6-18(3)15-41(21)30)14-24(36)28(39-32)26-23(35)9-7-20-11-13-38-33(43)25(20)26/h7,9-14,17-18,21H,6,8,15-16H2,1-5H3,(H,38,43)/t18-,21+/m0/s1. The van der Waals surface area contributed by atoms with E-state index in [-0.39, 0.29) is 39.8 Å². The van der Waals surface area contributed by atoms with Gasteiger partial charge in [0.05, 0.1) is 28.0 Å². The van der Waals surface area contributed by atoms with Crippen LogP contribution in [0.15, 0.2) is 52.3 Å². The summed E-state index contributed by atoms with van der Waals surface area (Å²) >= 11 is 0. The monoisotopic (exact) mass is 596 g/mol. The van der Waals surface area contributed by atoms with Gasteiger partial charge in [0.1, 0.15) is 23.0 Å². The van der Waals surface area contributed by atoms with E-state index in [0.717, 1.165) is 24.9 Å². The largest absolute Gasteiger partial charge is 0.366 e. The highest BCUT2D eigenvalue weighted by atomic mass is 19.1. The third kappa shape index (κ3) is 4.14. The highest BCUT2D eigenvalue weighted by Gasteiger charge is 2.38. The van der Waals surface area contributed by atoms with Crippen LogP contribution in [0.4, 0.5) is 20.2 Å². The number of nitrogens with zero attached hydrogens (tertiary/aromatic N) is 5. The van der Waals surface area contributed by atoms with Gasteiger partial charge in [-0.15, -0.1) is 0 Å². The molecule has 0 saturated carbocycles. The molecular formula is C34H34F2N6O2. The molecule has 1 saturated heterocycles. The first-order chi connectivity index (χ1) is 21.1. The molecule has 0 spiro atoms. The van der Waals surface area contributed by atoms with Crippen molar-refractivity contribution in [2.24, 2.45) is 5.92 Å². The predicted octanol–water partition coefficient (Wildman–Crippen LogP) is 6.05. The Labute approximate surface area is 253 Å². The van der Waals surface area contributed by atoms with E-state index < -0.39 is 17.2 Å². The summed E-state index contributed by atoms with van der Waals surface area (Å²) in [6, 6.07) is 7.67. The minimum absolute atomic E-state index is 0.00446. The molecule has 4 aromatic heterocycles. The summed E-state index contributed by atoms with van der Waals surface area (Å²) in [5.74, 6) is -1.21. The summed E-state index contributed by atoms with van der Waals surface area (Å²) in [4.78, 5) is 44.0. The number of H-pyrrole nitrogens is 1. The Morgan fingerprint density at radius 2 is 1.80 bits per heavy atom. The van der Waals surface area contributed by atoms with Crippen LogP contribution >= 0.6 is 0 Å². The Morgan fingerprint density at radius 3 is 2.57 bits per heavy atom. The normalized spacial score (nSPS) is 18.3. The number of aryl methyl sites for hydroxylation is 1. The van der Waals surface area contributed by atoms with Crippen LogP contribution in [-0.4, -0.2) is 45.7 Å². The minimum Gasteiger partial charge on any atom is -0.366 e. The molecular weight excluding hydrogens is 562 g/mol. The SMILES string of the molecule is Cc1ccnc(C(C)C)c1-n1c(=O)c2c(c3cc(F)c(-c4c(F)ccc5cc[nH]c(=O)c45)nc31)N1C[C@@H](C)CC[C@@H]1CN2C.